The van der Waals surface area contributed by atoms with Crippen LogP contribution < -0.4 is 10.6 Å². The number of amides is 1. The van der Waals surface area contributed by atoms with Gasteiger partial charge in [-0.1, -0.05) is 12.1 Å². The van der Waals surface area contributed by atoms with Gasteiger partial charge in [0.25, 0.3) is 0 Å². The van der Waals surface area contributed by atoms with Crippen LogP contribution in [-0.2, 0) is 11.3 Å². The van der Waals surface area contributed by atoms with E-state index in [1.807, 2.05) is 0 Å². The highest BCUT2D eigenvalue weighted by Gasteiger charge is 2.14. The Morgan fingerprint density at radius 1 is 1.36 bits per heavy atom. The molecule has 2 N–H and O–H groups in total. The normalized spacial score (nSPS) is 10.9. The van der Waals surface area contributed by atoms with E-state index in [1.165, 1.54) is 12.1 Å². The zero-order chi connectivity index (χ0) is 17.8. The summed E-state index contributed by atoms with van der Waals surface area (Å²) in [6.07, 6.45) is 2.30. The second-order valence-corrected chi connectivity index (χ2v) is 5.56. The van der Waals surface area contributed by atoms with Crippen molar-refractivity contribution in [1.29, 1.82) is 0 Å². The first-order chi connectivity index (χ1) is 12.0. The van der Waals surface area contributed by atoms with E-state index in [2.05, 4.69) is 25.8 Å². The van der Waals surface area contributed by atoms with Crippen LogP contribution in [-0.4, -0.2) is 31.8 Å². The Hall–Kier alpha value is -3.23. The molecule has 0 saturated carbocycles. The molecule has 0 saturated heterocycles. The van der Waals surface area contributed by atoms with E-state index >= 15 is 0 Å². The lowest BCUT2D eigenvalue weighted by molar-refractivity contribution is 0.129. The number of carbonyl (C=O) groups excluding carboxylic acids is 1. The molecule has 0 fully saturated rings. The SMILES string of the molecule is CC(C)OC(=O)Nc1nnc2c(NCc3cccc(F)c3)nccn12. The van der Waals surface area contributed by atoms with E-state index in [0.717, 1.165) is 5.56 Å². The molecular formula is C16H17FN6O2. The van der Waals surface area contributed by atoms with Crippen molar-refractivity contribution in [2.45, 2.75) is 26.5 Å². The van der Waals surface area contributed by atoms with Gasteiger partial charge in [0.05, 0.1) is 6.10 Å². The van der Waals surface area contributed by atoms with Crippen LogP contribution in [0.25, 0.3) is 5.65 Å². The molecule has 0 radical (unpaired) electrons. The highest BCUT2D eigenvalue weighted by molar-refractivity contribution is 5.83. The van der Waals surface area contributed by atoms with E-state index in [-0.39, 0.29) is 17.9 Å². The van der Waals surface area contributed by atoms with Crippen molar-refractivity contribution >= 4 is 23.5 Å². The number of ether oxygens (including phenoxy) is 1. The first-order valence-electron chi connectivity index (χ1n) is 7.68. The molecule has 3 rings (SSSR count). The second-order valence-electron chi connectivity index (χ2n) is 5.56. The van der Waals surface area contributed by atoms with Crippen molar-refractivity contribution in [3.63, 3.8) is 0 Å². The minimum Gasteiger partial charge on any atom is -0.447 e. The Morgan fingerprint density at radius 2 is 2.20 bits per heavy atom. The van der Waals surface area contributed by atoms with Gasteiger partial charge in [-0.3, -0.25) is 9.72 Å². The van der Waals surface area contributed by atoms with Crippen molar-refractivity contribution in [3.05, 3.63) is 48.0 Å². The fourth-order valence-electron chi connectivity index (χ4n) is 2.20. The zero-order valence-corrected chi connectivity index (χ0v) is 13.7. The molecular weight excluding hydrogens is 327 g/mol. The highest BCUT2D eigenvalue weighted by atomic mass is 19.1. The molecule has 2 heterocycles. The second kappa shape index (κ2) is 7.12. The summed E-state index contributed by atoms with van der Waals surface area (Å²) >= 11 is 0. The average Bonchev–Trinajstić information content (AvgIpc) is 2.96. The summed E-state index contributed by atoms with van der Waals surface area (Å²) in [7, 11) is 0. The molecule has 25 heavy (non-hydrogen) atoms. The summed E-state index contributed by atoms with van der Waals surface area (Å²) in [4.78, 5) is 15.9. The number of aromatic nitrogens is 4. The maximum absolute atomic E-state index is 13.2. The first kappa shape index (κ1) is 16.6. The Labute approximate surface area is 143 Å². The Bertz CT molecular complexity index is 895. The predicted octanol–water partition coefficient (Wildman–Crippen LogP) is 2.83. The number of fused-ring (bicyclic) bond motifs is 1. The highest BCUT2D eigenvalue weighted by Crippen LogP contribution is 2.16. The molecule has 0 atom stereocenters. The van der Waals surface area contributed by atoms with E-state index < -0.39 is 6.09 Å². The van der Waals surface area contributed by atoms with Gasteiger partial charge in [-0.25, -0.2) is 14.2 Å². The van der Waals surface area contributed by atoms with Crippen molar-refractivity contribution in [3.8, 4) is 0 Å². The lowest BCUT2D eigenvalue weighted by atomic mass is 10.2. The smallest absolute Gasteiger partial charge is 0.414 e. The molecule has 130 valence electrons. The van der Waals surface area contributed by atoms with Crippen LogP contribution in [0.5, 0.6) is 0 Å². The summed E-state index contributed by atoms with van der Waals surface area (Å²) in [6, 6.07) is 6.26. The minimum absolute atomic E-state index is 0.219. The third kappa shape index (κ3) is 4.00. The van der Waals surface area contributed by atoms with Crippen LogP contribution in [0.15, 0.2) is 36.7 Å². The number of nitrogens with one attached hydrogen (secondary N) is 2. The third-order valence-electron chi connectivity index (χ3n) is 3.23. The standard InChI is InChI=1S/C16H17FN6O2/c1-10(2)25-16(24)20-15-22-21-14-13(18-6-7-23(14)15)19-9-11-4-3-5-12(17)8-11/h3-8,10H,9H2,1-2H3,(H,18,19)(H,20,22,24). The molecule has 0 aliphatic carbocycles. The summed E-state index contributed by atoms with van der Waals surface area (Å²) in [5.41, 5.74) is 1.20. The van der Waals surface area contributed by atoms with Gasteiger partial charge in [0.1, 0.15) is 5.82 Å². The Balaban J connectivity index is 1.77. The van der Waals surface area contributed by atoms with Crippen LogP contribution in [0.4, 0.5) is 21.0 Å². The van der Waals surface area contributed by atoms with Crippen LogP contribution in [0.3, 0.4) is 0 Å². The van der Waals surface area contributed by atoms with Crippen molar-refractivity contribution in [2.24, 2.45) is 0 Å². The van der Waals surface area contributed by atoms with Crippen molar-refractivity contribution in [1.82, 2.24) is 19.6 Å². The van der Waals surface area contributed by atoms with Crippen LogP contribution >= 0.6 is 0 Å². The fraction of sp³-hybridized carbons (Fsp3) is 0.250. The van der Waals surface area contributed by atoms with Gasteiger partial charge in [0, 0.05) is 18.9 Å². The van der Waals surface area contributed by atoms with Crippen LogP contribution in [0.1, 0.15) is 19.4 Å². The molecule has 0 aliphatic rings. The lowest BCUT2D eigenvalue weighted by Crippen LogP contribution is -2.19. The minimum atomic E-state index is -0.615. The third-order valence-corrected chi connectivity index (χ3v) is 3.23. The molecule has 0 bridgehead atoms. The summed E-state index contributed by atoms with van der Waals surface area (Å²) in [6.45, 7) is 3.87. The molecule has 8 nitrogen and oxygen atoms in total. The molecule has 0 aliphatic heterocycles. The van der Waals surface area contributed by atoms with Gasteiger partial charge in [-0.15, -0.1) is 10.2 Å². The van der Waals surface area contributed by atoms with Gasteiger partial charge in [0.15, 0.2) is 5.82 Å². The van der Waals surface area contributed by atoms with E-state index in [0.29, 0.717) is 18.0 Å². The van der Waals surface area contributed by atoms with Gasteiger partial charge in [0.2, 0.25) is 11.6 Å². The van der Waals surface area contributed by atoms with Crippen molar-refractivity contribution in [2.75, 3.05) is 10.6 Å². The number of hydrogen-bond acceptors (Lipinski definition) is 6. The van der Waals surface area contributed by atoms with E-state index in [4.69, 9.17) is 4.74 Å². The number of rotatable bonds is 5. The lowest BCUT2D eigenvalue weighted by Gasteiger charge is -2.09. The number of carbonyl (C=O) groups is 1. The number of hydrogen-bond donors (Lipinski definition) is 2. The average molecular weight is 344 g/mol. The van der Waals surface area contributed by atoms with Gasteiger partial charge in [-0.2, -0.15) is 0 Å². The number of benzene rings is 1. The summed E-state index contributed by atoms with van der Waals surface area (Å²) in [5.74, 6) is 0.379. The number of nitrogens with zero attached hydrogens (tertiary/aromatic N) is 4. The van der Waals surface area contributed by atoms with Gasteiger partial charge in [-0.05, 0) is 31.5 Å². The Morgan fingerprint density at radius 3 is 2.96 bits per heavy atom. The monoisotopic (exact) mass is 344 g/mol. The molecule has 1 amide bonds. The number of anilines is 2. The first-order valence-corrected chi connectivity index (χ1v) is 7.68. The van der Waals surface area contributed by atoms with Gasteiger partial charge < -0.3 is 10.1 Å². The molecule has 1 aromatic carbocycles. The summed E-state index contributed by atoms with van der Waals surface area (Å²) < 4.78 is 19.8. The molecule has 9 heteroatoms. The quantitative estimate of drug-likeness (QED) is 0.739. The van der Waals surface area contributed by atoms with Crippen LogP contribution in [0.2, 0.25) is 0 Å². The molecule has 0 spiro atoms. The van der Waals surface area contributed by atoms with Crippen molar-refractivity contribution < 1.29 is 13.9 Å². The zero-order valence-electron chi connectivity index (χ0n) is 13.7. The molecule has 3 aromatic rings. The maximum Gasteiger partial charge on any atom is 0.414 e. The van der Waals surface area contributed by atoms with Gasteiger partial charge >= 0.3 is 6.09 Å². The van der Waals surface area contributed by atoms with E-state index in [1.54, 1.807) is 42.8 Å². The topological polar surface area (TPSA) is 93.4 Å². The molecule has 0 unspecified atom stereocenters. The molecule has 2 aromatic heterocycles. The predicted molar refractivity (Wildman–Crippen MR) is 89.7 cm³/mol. The summed E-state index contributed by atoms with van der Waals surface area (Å²) in [5, 5.41) is 13.6. The van der Waals surface area contributed by atoms with E-state index in [9.17, 15) is 9.18 Å². The number of halogens is 1. The Kier molecular flexibility index (Phi) is 4.73. The largest absolute Gasteiger partial charge is 0.447 e. The van der Waals surface area contributed by atoms with Crippen LogP contribution in [0, 0.1) is 5.82 Å². The maximum atomic E-state index is 13.2. The fourth-order valence-corrected chi connectivity index (χ4v) is 2.20.